The van der Waals surface area contributed by atoms with E-state index >= 15 is 0 Å². The number of hydrogen-bond donors (Lipinski definition) is 2. The van der Waals surface area contributed by atoms with Crippen molar-refractivity contribution in [1.82, 2.24) is 19.5 Å². The number of likely N-dealkylation sites (N-methyl/N-ethyl adjacent to an activating group) is 1. The Labute approximate surface area is 178 Å². The van der Waals surface area contributed by atoms with Crippen molar-refractivity contribution in [3.05, 3.63) is 52.4 Å². The molecule has 0 aliphatic carbocycles. The quantitative estimate of drug-likeness (QED) is 0.663. The second-order valence-corrected chi connectivity index (χ2v) is 7.49. The monoisotopic (exact) mass is 428 g/mol. The van der Waals surface area contributed by atoms with Gasteiger partial charge in [-0.3, -0.25) is 4.79 Å². The Hall–Kier alpha value is -3.17. The second-order valence-electron chi connectivity index (χ2n) is 7.10. The molecular weight excluding hydrogens is 408 g/mol. The molecule has 2 N–H and O–H groups in total. The van der Waals surface area contributed by atoms with Gasteiger partial charge in [0.1, 0.15) is 0 Å². The number of halogens is 1. The summed E-state index contributed by atoms with van der Waals surface area (Å²) >= 11 is 6.00. The third-order valence-electron chi connectivity index (χ3n) is 5.14. The Morgan fingerprint density at radius 2 is 2.10 bits per heavy atom. The third-order valence-corrected chi connectivity index (χ3v) is 5.32. The number of anilines is 2. The van der Waals surface area contributed by atoms with Gasteiger partial charge in [-0.05, 0) is 31.0 Å². The van der Waals surface area contributed by atoms with E-state index in [-0.39, 0.29) is 17.2 Å². The van der Waals surface area contributed by atoms with Crippen molar-refractivity contribution in [3.8, 4) is 0 Å². The summed E-state index contributed by atoms with van der Waals surface area (Å²) in [6.07, 6.45) is 1.95. The Kier molecular flexibility index (Phi) is 5.31. The van der Waals surface area contributed by atoms with Crippen LogP contribution in [0.25, 0.3) is 5.65 Å². The lowest BCUT2D eigenvalue weighted by Gasteiger charge is -2.25. The van der Waals surface area contributed by atoms with Crippen LogP contribution in [0.15, 0.2) is 30.5 Å². The van der Waals surface area contributed by atoms with Crippen molar-refractivity contribution in [2.24, 2.45) is 0 Å². The fraction of sp³-hybridized carbons (Fsp3) is 0.300. The Balaban J connectivity index is 1.59. The highest BCUT2D eigenvalue weighted by Crippen LogP contribution is 2.27. The molecule has 1 aliphatic rings. The van der Waals surface area contributed by atoms with Crippen LogP contribution in [0.5, 0.6) is 0 Å². The molecule has 0 bridgehead atoms. The summed E-state index contributed by atoms with van der Waals surface area (Å²) < 4.78 is 6.97. The number of nitrogens with zero attached hydrogens (tertiary/aromatic N) is 4. The summed E-state index contributed by atoms with van der Waals surface area (Å²) in [5.74, 6) is -0.0540. The molecule has 4 rings (SSSR count). The average molecular weight is 429 g/mol. The molecule has 0 saturated carbocycles. The maximum Gasteiger partial charge on any atom is 0.323 e. The molecule has 3 heterocycles. The number of methoxy groups -OCH3 is 1. The first-order valence-electron chi connectivity index (χ1n) is 9.40. The zero-order valence-corrected chi connectivity index (χ0v) is 17.5. The summed E-state index contributed by atoms with van der Waals surface area (Å²) in [4.78, 5) is 31.0. The standard InChI is InChI=1S/C20H21ClN6O3/c1-11(30-3)18-15(10-22-17-9-16(21)25-27(17)18)24-20(29)23-13-5-4-12-6-7-26(2)19(28)14(12)8-13/h4-5,8-11H,6-7H2,1-3H3,(H2,23,24,29)/t11-/m0/s1. The average Bonchev–Trinajstić information content (AvgIpc) is 3.10. The maximum absolute atomic E-state index is 12.7. The molecule has 1 atom stereocenters. The number of nitrogens with one attached hydrogen (secondary N) is 2. The molecule has 0 radical (unpaired) electrons. The van der Waals surface area contributed by atoms with Crippen LogP contribution >= 0.6 is 11.6 Å². The number of carbonyl (C=O) groups excluding carboxylic acids is 2. The molecule has 0 saturated heterocycles. The molecule has 1 aromatic carbocycles. The van der Waals surface area contributed by atoms with Crippen molar-refractivity contribution < 1.29 is 14.3 Å². The van der Waals surface area contributed by atoms with Crippen LogP contribution in [-0.2, 0) is 11.2 Å². The molecule has 1 aliphatic heterocycles. The first-order chi connectivity index (χ1) is 14.4. The molecule has 2 aromatic heterocycles. The lowest BCUT2D eigenvalue weighted by Crippen LogP contribution is -2.34. The van der Waals surface area contributed by atoms with Gasteiger partial charge in [-0.2, -0.15) is 5.10 Å². The summed E-state index contributed by atoms with van der Waals surface area (Å²) in [7, 11) is 3.33. The van der Waals surface area contributed by atoms with Crippen molar-refractivity contribution in [2.45, 2.75) is 19.4 Å². The van der Waals surface area contributed by atoms with Crippen LogP contribution < -0.4 is 10.6 Å². The minimum atomic E-state index is -0.476. The van der Waals surface area contributed by atoms with Gasteiger partial charge in [0.05, 0.1) is 23.7 Å². The van der Waals surface area contributed by atoms with Crippen LogP contribution in [0.3, 0.4) is 0 Å². The number of rotatable bonds is 4. The van der Waals surface area contributed by atoms with E-state index in [4.69, 9.17) is 16.3 Å². The first kappa shape index (κ1) is 20.1. The number of amides is 3. The van der Waals surface area contributed by atoms with E-state index in [1.165, 1.54) is 6.20 Å². The predicted octanol–water partition coefficient (Wildman–Crippen LogP) is 3.36. The minimum Gasteiger partial charge on any atom is -0.375 e. The van der Waals surface area contributed by atoms with Crippen LogP contribution in [0.4, 0.5) is 16.2 Å². The van der Waals surface area contributed by atoms with Crippen molar-refractivity contribution in [2.75, 3.05) is 31.3 Å². The summed E-state index contributed by atoms with van der Waals surface area (Å²) in [6.45, 7) is 2.52. The van der Waals surface area contributed by atoms with E-state index in [1.807, 2.05) is 13.0 Å². The van der Waals surface area contributed by atoms with Gasteiger partial charge in [-0.15, -0.1) is 0 Å². The van der Waals surface area contributed by atoms with E-state index in [2.05, 4.69) is 20.7 Å². The molecule has 156 valence electrons. The Bertz CT molecular complexity index is 1150. The molecule has 10 heteroatoms. The lowest BCUT2D eigenvalue weighted by molar-refractivity contribution is 0.0781. The topological polar surface area (TPSA) is 101 Å². The number of fused-ring (bicyclic) bond motifs is 2. The highest BCUT2D eigenvalue weighted by Gasteiger charge is 2.22. The number of aromatic nitrogens is 3. The van der Waals surface area contributed by atoms with Gasteiger partial charge in [0.15, 0.2) is 10.8 Å². The van der Waals surface area contributed by atoms with E-state index < -0.39 is 6.03 Å². The summed E-state index contributed by atoms with van der Waals surface area (Å²) in [6, 6.07) is 6.49. The van der Waals surface area contributed by atoms with Gasteiger partial charge in [-0.1, -0.05) is 17.7 Å². The van der Waals surface area contributed by atoms with E-state index in [1.54, 1.807) is 41.8 Å². The first-order valence-corrected chi connectivity index (χ1v) is 9.78. The van der Waals surface area contributed by atoms with Crippen LogP contribution in [0, 0.1) is 0 Å². The molecule has 3 amide bonds. The number of urea groups is 1. The zero-order chi connectivity index (χ0) is 21.4. The highest BCUT2D eigenvalue weighted by atomic mass is 35.5. The number of hydrogen-bond acceptors (Lipinski definition) is 5. The molecule has 0 unspecified atom stereocenters. The highest BCUT2D eigenvalue weighted by molar-refractivity contribution is 6.29. The zero-order valence-electron chi connectivity index (χ0n) is 16.8. The molecule has 30 heavy (non-hydrogen) atoms. The van der Waals surface area contributed by atoms with Crippen molar-refractivity contribution >= 4 is 40.6 Å². The fourth-order valence-corrected chi connectivity index (χ4v) is 3.65. The Morgan fingerprint density at radius 3 is 2.87 bits per heavy atom. The second kappa shape index (κ2) is 7.92. The normalized spacial score (nSPS) is 14.5. The summed E-state index contributed by atoms with van der Waals surface area (Å²) in [5, 5.41) is 10.1. The summed E-state index contributed by atoms with van der Waals surface area (Å²) in [5.41, 5.74) is 3.68. The Morgan fingerprint density at radius 1 is 1.30 bits per heavy atom. The predicted molar refractivity (Wildman–Crippen MR) is 113 cm³/mol. The third kappa shape index (κ3) is 3.69. The van der Waals surface area contributed by atoms with Gasteiger partial charge in [0, 0.05) is 38.0 Å². The molecular formula is C20H21ClN6O3. The van der Waals surface area contributed by atoms with E-state index in [0.717, 1.165) is 12.0 Å². The van der Waals surface area contributed by atoms with Gasteiger partial charge in [0.25, 0.3) is 5.91 Å². The number of carbonyl (C=O) groups is 2. The largest absolute Gasteiger partial charge is 0.375 e. The van der Waals surface area contributed by atoms with Crippen LogP contribution in [0.1, 0.15) is 34.6 Å². The van der Waals surface area contributed by atoms with Crippen molar-refractivity contribution in [3.63, 3.8) is 0 Å². The molecule has 0 fully saturated rings. The molecule has 0 spiro atoms. The van der Waals surface area contributed by atoms with Crippen molar-refractivity contribution in [1.29, 1.82) is 0 Å². The number of ether oxygens (including phenoxy) is 1. The fourth-order valence-electron chi connectivity index (χ4n) is 3.47. The van der Waals surface area contributed by atoms with Gasteiger partial charge in [0.2, 0.25) is 0 Å². The minimum absolute atomic E-state index is 0.0540. The smallest absolute Gasteiger partial charge is 0.323 e. The van der Waals surface area contributed by atoms with Crippen LogP contribution in [-0.4, -0.2) is 52.1 Å². The maximum atomic E-state index is 12.7. The molecule has 3 aromatic rings. The SMILES string of the molecule is CO[C@@H](C)c1c(NC(=O)Nc2ccc3c(c2)C(=O)N(C)CC3)cnc2cc(Cl)nn12. The molecule has 9 nitrogen and oxygen atoms in total. The van der Waals surface area contributed by atoms with E-state index in [0.29, 0.717) is 34.8 Å². The van der Waals surface area contributed by atoms with Gasteiger partial charge >= 0.3 is 6.03 Å². The van der Waals surface area contributed by atoms with Gasteiger partial charge in [-0.25, -0.2) is 14.3 Å². The van der Waals surface area contributed by atoms with Crippen LogP contribution in [0.2, 0.25) is 5.15 Å². The lowest BCUT2D eigenvalue weighted by atomic mass is 9.99. The number of benzene rings is 1. The van der Waals surface area contributed by atoms with E-state index in [9.17, 15) is 9.59 Å². The van der Waals surface area contributed by atoms with Gasteiger partial charge < -0.3 is 20.3 Å².